The number of benzene rings is 2. The van der Waals surface area contributed by atoms with Crippen molar-refractivity contribution < 1.29 is 0 Å². The lowest BCUT2D eigenvalue weighted by molar-refractivity contribution is 1.04. The Morgan fingerprint density at radius 2 is 1.71 bits per heavy atom. The first-order chi connectivity index (χ1) is 10.4. The molecule has 3 nitrogen and oxygen atoms in total. The highest BCUT2D eigenvalue weighted by Crippen LogP contribution is 2.19. The Labute approximate surface area is 125 Å². The molecule has 3 aromatic rings. The van der Waals surface area contributed by atoms with E-state index in [1.54, 1.807) is 6.20 Å². The van der Waals surface area contributed by atoms with Crippen LogP contribution >= 0.6 is 0 Å². The molecule has 1 aromatic heterocycles. The van der Waals surface area contributed by atoms with Crippen molar-refractivity contribution in [1.29, 1.82) is 0 Å². The van der Waals surface area contributed by atoms with Crippen LogP contribution in [0.3, 0.4) is 0 Å². The number of hydrogen-bond acceptors (Lipinski definition) is 2. The molecule has 0 saturated heterocycles. The summed E-state index contributed by atoms with van der Waals surface area (Å²) in [6.07, 6.45) is 2.83. The molecule has 0 unspecified atom stereocenters. The zero-order valence-electron chi connectivity index (χ0n) is 12.1. The van der Waals surface area contributed by atoms with Crippen LogP contribution in [0.5, 0.6) is 0 Å². The monoisotopic (exact) mass is 277 g/mol. The maximum absolute atomic E-state index is 3.98. The van der Waals surface area contributed by atoms with E-state index in [0.717, 1.165) is 29.9 Å². The van der Waals surface area contributed by atoms with Crippen LogP contribution in [0.25, 0.3) is 11.3 Å². The molecule has 21 heavy (non-hydrogen) atoms. The minimum absolute atomic E-state index is 0.855. The molecule has 0 saturated carbocycles. The van der Waals surface area contributed by atoms with E-state index in [1.165, 1.54) is 11.1 Å². The first-order valence-corrected chi connectivity index (χ1v) is 7.27. The van der Waals surface area contributed by atoms with Crippen molar-refractivity contribution in [2.75, 3.05) is 5.32 Å². The molecule has 3 heteroatoms. The Bertz CT molecular complexity index is 685. The first kappa shape index (κ1) is 13.4. The molecule has 2 N–H and O–H groups in total. The number of aryl methyl sites for hydroxylation is 1. The van der Waals surface area contributed by atoms with E-state index in [1.807, 2.05) is 6.07 Å². The number of hydrogen-bond donors (Lipinski definition) is 2. The molecule has 0 spiro atoms. The maximum Gasteiger partial charge on any atom is 0.0650 e. The highest BCUT2D eigenvalue weighted by Gasteiger charge is 2.01. The number of H-pyrrole nitrogens is 1. The third-order valence-corrected chi connectivity index (χ3v) is 3.68. The van der Waals surface area contributed by atoms with Crippen LogP contribution in [0.1, 0.15) is 18.1 Å². The largest absolute Gasteiger partial charge is 0.381 e. The first-order valence-electron chi connectivity index (χ1n) is 7.27. The predicted molar refractivity (Wildman–Crippen MR) is 87.2 cm³/mol. The van der Waals surface area contributed by atoms with Gasteiger partial charge in [0.25, 0.3) is 0 Å². The number of aromatic amines is 1. The average Bonchev–Trinajstić information content (AvgIpc) is 3.08. The zero-order chi connectivity index (χ0) is 14.5. The molecular weight excluding hydrogens is 258 g/mol. The Morgan fingerprint density at radius 3 is 2.38 bits per heavy atom. The second-order valence-electron chi connectivity index (χ2n) is 5.02. The molecule has 0 radical (unpaired) electrons. The van der Waals surface area contributed by atoms with E-state index >= 15 is 0 Å². The third-order valence-electron chi connectivity index (χ3n) is 3.68. The van der Waals surface area contributed by atoms with Crippen LogP contribution in [-0.2, 0) is 13.0 Å². The van der Waals surface area contributed by atoms with Gasteiger partial charge in [0.05, 0.1) is 5.69 Å². The van der Waals surface area contributed by atoms with E-state index in [9.17, 15) is 0 Å². The van der Waals surface area contributed by atoms with Gasteiger partial charge in [-0.2, -0.15) is 5.10 Å². The van der Waals surface area contributed by atoms with Crippen LogP contribution in [0.15, 0.2) is 60.8 Å². The summed E-state index contributed by atoms with van der Waals surface area (Å²) in [7, 11) is 0. The highest BCUT2D eigenvalue weighted by molar-refractivity contribution is 5.62. The minimum atomic E-state index is 0.855. The van der Waals surface area contributed by atoms with Gasteiger partial charge in [0.15, 0.2) is 0 Å². The summed E-state index contributed by atoms with van der Waals surface area (Å²) in [5.74, 6) is 0. The van der Waals surface area contributed by atoms with Crippen molar-refractivity contribution in [2.24, 2.45) is 0 Å². The molecule has 0 aliphatic carbocycles. The van der Waals surface area contributed by atoms with Gasteiger partial charge in [0, 0.05) is 18.4 Å². The van der Waals surface area contributed by atoms with Crippen LogP contribution in [0.2, 0.25) is 0 Å². The van der Waals surface area contributed by atoms with Crippen molar-refractivity contribution >= 4 is 5.69 Å². The Morgan fingerprint density at radius 1 is 0.952 bits per heavy atom. The van der Waals surface area contributed by atoms with E-state index in [0.29, 0.717) is 0 Å². The molecular formula is C18H19N3. The summed E-state index contributed by atoms with van der Waals surface area (Å²) in [6, 6.07) is 18.9. The van der Waals surface area contributed by atoms with E-state index in [4.69, 9.17) is 0 Å². The molecule has 3 rings (SSSR count). The highest BCUT2D eigenvalue weighted by atomic mass is 15.1. The smallest absolute Gasteiger partial charge is 0.0650 e. The summed E-state index contributed by atoms with van der Waals surface area (Å²) in [4.78, 5) is 0. The van der Waals surface area contributed by atoms with Crippen molar-refractivity contribution in [3.8, 4) is 11.3 Å². The number of nitrogens with one attached hydrogen (secondary N) is 2. The van der Waals surface area contributed by atoms with E-state index in [-0.39, 0.29) is 0 Å². The lowest BCUT2D eigenvalue weighted by Crippen LogP contribution is -2.02. The summed E-state index contributed by atoms with van der Waals surface area (Å²) in [5, 5.41) is 10.4. The normalized spacial score (nSPS) is 10.5. The van der Waals surface area contributed by atoms with Gasteiger partial charge in [-0.1, -0.05) is 43.3 Å². The fourth-order valence-electron chi connectivity index (χ4n) is 2.46. The molecule has 2 aromatic carbocycles. The second kappa shape index (κ2) is 6.27. The SMILES string of the molecule is CCc1ccccc1CNc1ccc(-c2ccn[nH]2)cc1. The van der Waals surface area contributed by atoms with Gasteiger partial charge < -0.3 is 5.32 Å². The molecule has 0 amide bonds. The van der Waals surface area contributed by atoms with E-state index in [2.05, 4.69) is 71.0 Å². The summed E-state index contributed by atoms with van der Waals surface area (Å²) in [6.45, 7) is 3.05. The summed E-state index contributed by atoms with van der Waals surface area (Å²) >= 11 is 0. The molecule has 0 bridgehead atoms. The number of rotatable bonds is 5. The summed E-state index contributed by atoms with van der Waals surface area (Å²) in [5.41, 5.74) is 6.07. The van der Waals surface area contributed by atoms with Crippen LogP contribution in [0.4, 0.5) is 5.69 Å². The quantitative estimate of drug-likeness (QED) is 0.732. The van der Waals surface area contributed by atoms with Crippen molar-refractivity contribution in [3.63, 3.8) is 0 Å². The van der Waals surface area contributed by atoms with Gasteiger partial charge in [0.1, 0.15) is 0 Å². The van der Waals surface area contributed by atoms with Crippen molar-refractivity contribution in [3.05, 3.63) is 71.9 Å². The molecule has 106 valence electrons. The maximum atomic E-state index is 3.98. The van der Waals surface area contributed by atoms with Crippen molar-refractivity contribution in [1.82, 2.24) is 10.2 Å². The van der Waals surface area contributed by atoms with Crippen molar-refractivity contribution in [2.45, 2.75) is 19.9 Å². The average molecular weight is 277 g/mol. The molecule has 0 atom stereocenters. The lowest BCUT2D eigenvalue weighted by Gasteiger charge is -2.10. The minimum Gasteiger partial charge on any atom is -0.381 e. The fraction of sp³-hybridized carbons (Fsp3) is 0.167. The topological polar surface area (TPSA) is 40.7 Å². The molecule has 0 aliphatic rings. The van der Waals surface area contributed by atoms with Crippen LogP contribution < -0.4 is 5.32 Å². The second-order valence-corrected chi connectivity index (χ2v) is 5.02. The predicted octanol–water partition coefficient (Wildman–Crippen LogP) is 4.25. The van der Waals surface area contributed by atoms with Gasteiger partial charge in [-0.15, -0.1) is 0 Å². The van der Waals surface area contributed by atoms with Gasteiger partial charge >= 0.3 is 0 Å². The standard InChI is InChI=1S/C18H19N3/c1-2-14-5-3-4-6-16(14)13-19-17-9-7-15(8-10-17)18-11-12-20-21-18/h3-12,19H,2,13H2,1H3,(H,20,21). The molecule has 1 heterocycles. The van der Waals surface area contributed by atoms with Gasteiger partial charge in [0.2, 0.25) is 0 Å². The van der Waals surface area contributed by atoms with Crippen LogP contribution in [-0.4, -0.2) is 10.2 Å². The fourth-order valence-corrected chi connectivity index (χ4v) is 2.46. The number of anilines is 1. The lowest BCUT2D eigenvalue weighted by atomic mass is 10.1. The van der Waals surface area contributed by atoms with Gasteiger partial charge in [-0.25, -0.2) is 0 Å². The third kappa shape index (κ3) is 3.14. The van der Waals surface area contributed by atoms with Crippen LogP contribution in [0, 0.1) is 0 Å². The number of nitrogens with zero attached hydrogens (tertiary/aromatic N) is 1. The Balaban J connectivity index is 1.68. The number of aromatic nitrogens is 2. The van der Waals surface area contributed by atoms with Gasteiger partial charge in [-0.05, 0) is 41.3 Å². The summed E-state index contributed by atoms with van der Waals surface area (Å²) < 4.78 is 0. The van der Waals surface area contributed by atoms with E-state index < -0.39 is 0 Å². The van der Waals surface area contributed by atoms with Gasteiger partial charge in [-0.3, -0.25) is 5.10 Å². The molecule has 0 aliphatic heterocycles. The Hall–Kier alpha value is -2.55. The Kier molecular flexibility index (Phi) is 4.01. The molecule has 0 fully saturated rings. The zero-order valence-corrected chi connectivity index (χ0v) is 12.1.